The lowest BCUT2D eigenvalue weighted by Gasteiger charge is -2.18. The molecular weight excluding hydrogens is 318 g/mol. The van der Waals surface area contributed by atoms with Crippen LogP contribution >= 0.6 is 0 Å². The number of rotatable bonds is 2. The van der Waals surface area contributed by atoms with Crippen molar-refractivity contribution in [1.82, 2.24) is 14.6 Å². The third-order valence-electron chi connectivity index (χ3n) is 4.43. The number of nitrogens with zero attached hydrogens (tertiary/aromatic N) is 3. The Morgan fingerprint density at radius 1 is 1.24 bits per heavy atom. The molecule has 2 amide bonds. The van der Waals surface area contributed by atoms with Gasteiger partial charge < -0.3 is 10.6 Å². The Kier molecular flexibility index (Phi) is 3.49. The molecule has 7 nitrogen and oxygen atoms in total. The number of nitrogens with one attached hydrogen (secondary N) is 2. The van der Waals surface area contributed by atoms with Gasteiger partial charge in [-0.2, -0.15) is 5.10 Å². The summed E-state index contributed by atoms with van der Waals surface area (Å²) in [6.45, 7) is 3.67. The van der Waals surface area contributed by atoms with Crippen molar-refractivity contribution in [3.63, 3.8) is 0 Å². The molecule has 126 valence electrons. The number of fused-ring (bicyclic) bond motifs is 2. The molecule has 1 aromatic carbocycles. The summed E-state index contributed by atoms with van der Waals surface area (Å²) in [7, 11) is 0. The Bertz CT molecular complexity index is 1020. The van der Waals surface area contributed by atoms with Gasteiger partial charge in [0, 0.05) is 23.9 Å². The van der Waals surface area contributed by atoms with E-state index in [4.69, 9.17) is 0 Å². The van der Waals surface area contributed by atoms with Gasteiger partial charge in [-0.25, -0.2) is 9.50 Å². The molecule has 25 heavy (non-hydrogen) atoms. The molecule has 0 atom stereocenters. The summed E-state index contributed by atoms with van der Waals surface area (Å²) in [5.41, 5.74) is 5.16. The van der Waals surface area contributed by atoms with E-state index in [1.807, 2.05) is 26.0 Å². The molecule has 3 heterocycles. The molecular formula is C18H17N5O2. The predicted molar refractivity (Wildman–Crippen MR) is 93.8 cm³/mol. The maximum atomic E-state index is 12.8. The monoisotopic (exact) mass is 335 g/mol. The maximum Gasteiger partial charge on any atom is 0.259 e. The van der Waals surface area contributed by atoms with Crippen LogP contribution < -0.4 is 10.6 Å². The third kappa shape index (κ3) is 2.63. The van der Waals surface area contributed by atoms with Gasteiger partial charge >= 0.3 is 0 Å². The van der Waals surface area contributed by atoms with Gasteiger partial charge in [-0.15, -0.1) is 0 Å². The van der Waals surface area contributed by atoms with Crippen molar-refractivity contribution >= 4 is 28.8 Å². The highest BCUT2D eigenvalue weighted by Gasteiger charge is 2.19. The molecule has 2 aromatic heterocycles. The minimum Gasteiger partial charge on any atom is -0.326 e. The van der Waals surface area contributed by atoms with Gasteiger partial charge in [0.25, 0.3) is 5.91 Å². The van der Waals surface area contributed by atoms with E-state index in [1.54, 1.807) is 22.8 Å². The van der Waals surface area contributed by atoms with E-state index in [1.165, 1.54) is 0 Å². The lowest BCUT2D eigenvalue weighted by molar-refractivity contribution is -0.116. The van der Waals surface area contributed by atoms with Gasteiger partial charge in [0.1, 0.15) is 0 Å². The van der Waals surface area contributed by atoms with Crippen molar-refractivity contribution in [2.75, 3.05) is 10.6 Å². The number of aromatic nitrogens is 3. The number of amides is 2. The quantitative estimate of drug-likeness (QED) is 0.753. The first-order valence-electron chi connectivity index (χ1n) is 8.08. The normalized spacial score (nSPS) is 13.4. The van der Waals surface area contributed by atoms with E-state index < -0.39 is 0 Å². The Balaban J connectivity index is 1.66. The summed E-state index contributed by atoms with van der Waals surface area (Å²) in [6.07, 6.45) is 2.79. The van der Waals surface area contributed by atoms with E-state index in [0.717, 1.165) is 22.6 Å². The van der Waals surface area contributed by atoms with Crippen LogP contribution in [0.2, 0.25) is 0 Å². The van der Waals surface area contributed by atoms with E-state index in [0.29, 0.717) is 29.8 Å². The molecule has 0 fully saturated rings. The number of hydrogen-bond donors (Lipinski definition) is 2. The Morgan fingerprint density at radius 3 is 2.92 bits per heavy atom. The molecule has 0 saturated carbocycles. The zero-order valence-electron chi connectivity index (χ0n) is 14.0. The van der Waals surface area contributed by atoms with Gasteiger partial charge in [-0.05, 0) is 44.0 Å². The highest BCUT2D eigenvalue weighted by atomic mass is 16.2. The highest BCUT2D eigenvalue weighted by Crippen LogP contribution is 2.26. The number of hydrogen-bond acceptors (Lipinski definition) is 4. The Hall–Kier alpha value is -3.22. The van der Waals surface area contributed by atoms with Crippen LogP contribution in [-0.4, -0.2) is 26.4 Å². The zero-order chi connectivity index (χ0) is 17.6. The number of carbonyl (C=O) groups is 2. The molecule has 2 N–H and O–H groups in total. The fraction of sp³-hybridized carbons (Fsp3) is 0.222. The standard InChI is InChI=1S/C18H17N5O2/c1-10-17(11(2)23-15(20-10)7-8-19-23)18(25)21-13-4-5-14-12(9-13)3-6-16(24)22-14/h4-5,7-9H,3,6H2,1-2H3,(H,21,25)(H,22,24). The molecule has 7 heteroatoms. The first-order chi connectivity index (χ1) is 12.0. The van der Waals surface area contributed by atoms with Crippen LogP contribution in [0, 0.1) is 13.8 Å². The summed E-state index contributed by atoms with van der Waals surface area (Å²) in [5, 5.41) is 9.97. The number of anilines is 2. The van der Waals surface area contributed by atoms with Gasteiger partial charge in [-0.3, -0.25) is 9.59 Å². The number of carbonyl (C=O) groups excluding carboxylic acids is 2. The fourth-order valence-electron chi connectivity index (χ4n) is 3.22. The van der Waals surface area contributed by atoms with Crippen molar-refractivity contribution in [3.8, 4) is 0 Å². The molecule has 4 rings (SSSR count). The SMILES string of the molecule is Cc1nc2ccnn2c(C)c1C(=O)Nc1ccc2c(c1)CCC(=O)N2. The Labute approximate surface area is 144 Å². The lowest BCUT2D eigenvalue weighted by Crippen LogP contribution is -2.20. The summed E-state index contributed by atoms with van der Waals surface area (Å²) in [4.78, 5) is 28.6. The van der Waals surface area contributed by atoms with Gasteiger partial charge in [0.05, 0.1) is 23.1 Å². The number of aryl methyl sites for hydroxylation is 3. The van der Waals surface area contributed by atoms with E-state index >= 15 is 0 Å². The first-order valence-corrected chi connectivity index (χ1v) is 8.08. The molecule has 3 aromatic rings. The molecule has 0 aliphatic carbocycles. The lowest BCUT2D eigenvalue weighted by atomic mass is 10.0. The van der Waals surface area contributed by atoms with Crippen LogP contribution in [0.5, 0.6) is 0 Å². The summed E-state index contributed by atoms with van der Waals surface area (Å²) < 4.78 is 1.66. The average Bonchev–Trinajstić information content (AvgIpc) is 3.03. The molecule has 1 aliphatic rings. The summed E-state index contributed by atoms with van der Waals surface area (Å²) >= 11 is 0. The first kappa shape index (κ1) is 15.3. The second-order valence-electron chi connectivity index (χ2n) is 6.13. The van der Waals surface area contributed by atoms with Crippen molar-refractivity contribution in [2.45, 2.75) is 26.7 Å². The summed E-state index contributed by atoms with van der Waals surface area (Å²) in [6, 6.07) is 7.31. The fourth-order valence-corrected chi connectivity index (χ4v) is 3.22. The maximum absolute atomic E-state index is 12.8. The van der Waals surface area contributed by atoms with Crippen molar-refractivity contribution in [3.05, 3.63) is 53.0 Å². The minimum absolute atomic E-state index is 0.0223. The van der Waals surface area contributed by atoms with E-state index in [2.05, 4.69) is 20.7 Å². The van der Waals surface area contributed by atoms with E-state index in [-0.39, 0.29) is 11.8 Å². The number of benzene rings is 1. The van der Waals surface area contributed by atoms with Crippen LogP contribution in [0.1, 0.15) is 33.7 Å². The molecule has 1 aliphatic heterocycles. The Morgan fingerprint density at radius 2 is 2.08 bits per heavy atom. The second kappa shape index (κ2) is 5.70. The molecule has 0 unspecified atom stereocenters. The molecule has 0 radical (unpaired) electrons. The van der Waals surface area contributed by atoms with Gasteiger partial charge in [0.2, 0.25) is 5.91 Å². The van der Waals surface area contributed by atoms with Gasteiger partial charge in [-0.1, -0.05) is 0 Å². The van der Waals surface area contributed by atoms with Crippen LogP contribution in [0.3, 0.4) is 0 Å². The van der Waals surface area contributed by atoms with Crippen LogP contribution in [0.25, 0.3) is 5.65 Å². The predicted octanol–water partition coefficient (Wildman–Crippen LogP) is 2.48. The molecule has 0 bridgehead atoms. The van der Waals surface area contributed by atoms with Crippen molar-refractivity contribution < 1.29 is 9.59 Å². The smallest absolute Gasteiger partial charge is 0.259 e. The third-order valence-corrected chi connectivity index (χ3v) is 4.43. The van der Waals surface area contributed by atoms with E-state index in [9.17, 15) is 9.59 Å². The van der Waals surface area contributed by atoms with Crippen LogP contribution in [0.4, 0.5) is 11.4 Å². The molecule has 0 saturated heterocycles. The van der Waals surface area contributed by atoms with Crippen molar-refractivity contribution in [2.24, 2.45) is 0 Å². The zero-order valence-corrected chi connectivity index (χ0v) is 14.0. The molecule has 0 spiro atoms. The van der Waals surface area contributed by atoms with Crippen LogP contribution in [-0.2, 0) is 11.2 Å². The van der Waals surface area contributed by atoms with Crippen molar-refractivity contribution in [1.29, 1.82) is 0 Å². The minimum atomic E-state index is -0.223. The largest absolute Gasteiger partial charge is 0.326 e. The van der Waals surface area contributed by atoms with Crippen LogP contribution in [0.15, 0.2) is 30.5 Å². The summed E-state index contributed by atoms with van der Waals surface area (Å²) in [5.74, 6) is -0.200. The highest BCUT2D eigenvalue weighted by molar-refractivity contribution is 6.06. The topological polar surface area (TPSA) is 88.4 Å². The average molecular weight is 335 g/mol. The van der Waals surface area contributed by atoms with Gasteiger partial charge in [0.15, 0.2) is 5.65 Å². The second-order valence-corrected chi connectivity index (χ2v) is 6.13.